The lowest BCUT2D eigenvalue weighted by Gasteiger charge is -2.21. The predicted molar refractivity (Wildman–Crippen MR) is 160 cm³/mol. The first-order valence-corrected chi connectivity index (χ1v) is 13.8. The van der Waals surface area contributed by atoms with E-state index in [9.17, 15) is 9.59 Å². The van der Waals surface area contributed by atoms with E-state index in [2.05, 4.69) is 10.3 Å². The number of alkyl carbamates (subject to hydrolysis) is 1. The third kappa shape index (κ3) is 7.08. The van der Waals surface area contributed by atoms with Crippen molar-refractivity contribution in [3.63, 3.8) is 0 Å². The maximum atomic E-state index is 12.9. The predicted octanol–water partition coefficient (Wildman–Crippen LogP) is 6.21. The molecule has 4 rings (SSSR count). The zero-order valence-electron chi connectivity index (χ0n) is 23.8. The molecule has 1 aliphatic rings. The molecular weight excluding hydrogens is 518 g/mol. The fourth-order valence-corrected chi connectivity index (χ4v) is 4.92. The Kier molecular flexibility index (Phi) is 10.0. The van der Waals surface area contributed by atoms with Crippen LogP contribution in [0.15, 0.2) is 83.9 Å². The van der Waals surface area contributed by atoms with Gasteiger partial charge >= 0.3 is 12.1 Å². The van der Waals surface area contributed by atoms with Gasteiger partial charge in [0.25, 0.3) is 0 Å². The molecule has 1 saturated carbocycles. The summed E-state index contributed by atoms with van der Waals surface area (Å²) in [5.41, 5.74) is 4.18. The maximum absolute atomic E-state index is 12.9. The number of nitrogens with one attached hydrogen (secondary N) is 2. The van der Waals surface area contributed by atoms with Crippen molar-refractivity contribution in [2.45, 2.75) is 43.6 Å². The van der Waals surface area contributed by atoms with Crippen LogP contribution in [0.5, 0.6) is 0 Å². The SMILES string of the molecule is CCOC(=O)C1(c2ccc(-c3ccc(C(C=N)C(=NC)NC(=O)OC(CCOC)c4ccccc4)cc3)cc2)CC1. The number of hydrogen-bond donors (Lipinski definition) is 2. The van der Waals surface area contributed by atoms with Gasteiger partial charge in [-0.1, -0.05) is 78.9 Å². The number of amidine groups is 1. The van der Waals surface area contributed by atoms with Gasteiger partial charge in [0.2, 0.25) is 0 Å². The number of methoxy groups -OCH3 is 1. The number of carbonyl (C=O) groups excluding carboxylic acids is 2. The summed E-state index contributed by atoms with van der Waals surface area (Å²) in [4.78, 5) is 29.6. The van der Waals surface area contributed by atoms with E-state index >= 15 is 0 Å². The van der Waals surface area contributed by atoms with E-state index < -0.39 is 23.5 Å². The van der Waals surface area contributed by atoms with Crippen molar-refractivity contribution in [3.8, 4) is 11.1 Å². The molecular formula is C33H37N3O5. The Hall–Kier alpha value is -4.30. The number of benzene rings is 3. The zero-order valence-corrected chi connectivity index (χ0v) is 23.8. The van der Waals surface area contributed by atoms with Crippen molar-refractivity contribution in [3.05, 3.63) is 95.6 Å². The Morgan fingerprint density at radius 2 is 1.61 bits per heavy atom. The molecule has 2 atom stereocenters. The molecule has 2 N–H and O–H groups in total. The fourth-order valence-electron chi connectivity index (χ4n) is 4.92. The molecule has 0 aromatic heterocycles. The second-order valence-corrected chi connectivity index (χ2v) is 9.97. The molecule has 3 aromatic rings. The number of ether oxygens (including phenoxy) is 3. The van der Waals surface area contributed by atoms with Gasteiger partial charge in [-0.3, -0.25) is 15.1 Å². The summed E-state index contributed by atoms with van der Waals surface area (Å²) >= 11 is 0. The number of rotatable bonds is 12. The van der Waals surface area contributed by atoms with E-state index in [1.807, 2.05) is 85.8 Å². The Morgan fingerprint density at radius 1 is 0.976 bits per heavy atom. The van der Waals surface area contributed by atoms with Gasteiger partial charge < -0.3 is 19.6 Å². The van der Waals surface area contributed by atoms with Crippen LogP contribution >= 0.6 is 0 Å². The molecule has 2 unspecified atom stereocenters. The molecule has 0 saturated heterocycles. The van der Waals surface area contributed by atoms with Crippen molar-refractivity contribution < 1.29 is 23.8 Å². The highest BCUT2D eigenvalue weighted by atomic mass is 16.6. The summed E-state index contributed by atoms with van der Waals surface area (Å²) in [5.74, 6) is -0.391. The smallest absolute Gasteiger partial charge is 0.413 e. The monoisotopic (exact) mass is 555 g/mol. The molecule has 0 radical (unpaired) electrons. The highest BCUT2D eigenvalue weighted by Gasteiger charge is 2.52. The standard InChI is InChI=1S/C33H37N3O5/c1-4-40-31(37)33(19-20-33)27-16-14-24(15-17-27)23-10-12-25(13-11-23)28(22-34)30(35-2)36-32(38)41-29(18-21-39-3)26-8-6-5-7-9-26/h5-17,22,28-29,34H,4,18-21H2,1-3H3,(H,35,36,38). The van der Waals surface area contributed by atoms with Gasteiger partial charge in [-0.15, -0.1) is 0 Å². The minimum Gasteiger partial charge on any atom is -0.465 e. The second-order valence-electron chi connectivity index (χ2n) is 9.97. The summed E-state index contributed by atoms with van der Waals surface area (Å²) in [6.45, 7) is 2.64. The van der Waals surface area contributed by atoms with E-state index in [0.717, 1.165) is 40.7 Å². The van der Waals surface area contributed by atoms with Crippen LogP contribution in [-0.2, 0) is 24.4 Å². The number of nitrogens with zero attached hydrogens (tertiary/aromatic N) is 1. The summed E-state index contributed by atoms with van der Waals surface area (Å²) in [5, 5.41) is 10.8. The molecule has 0 bridgehead atoms. The Labute approximate surface area is 241 Å². The molecule has 1 aliphatic carbocycles. The first-order chi connectivity index (χ1) is 19.9. The largest absolute Gasteiger partial charge is 0.465 e. The van der Waals surface area contributed by atoms with E-state index in [1.165, 1.54) is 6.21 Å². The molecule has 0 spiro atoms. The fraction of sp³-hybridized carbons (Fsp3) is 0.333. The van der Waals surface area contributed by atoms with E-state index in [1.54, 1.807) is 14.2 Å². The van der Waals surface area contributed by atoms with Gasteiger partial charge in [-0.2, -0.15) is 0 Å². The average molecular weight is 556 g/mol. The molecule has 3 aromatic carbocycles. The van der Waals surface area contributed by atoms with Crippen molar-refractivity contribution in [1.29, 1.82) is 5.41 Å². The number of aliphatic imine (C=N–C) groups is 1. The Balaban J connectivity index is 1.43. The van der Waals surface area contributed by atoms with Gasteiger partial charge in [-0.25, -0.2) is 4.79 Å². The van der Waals surface area contributed by atoms with Crippen LogP contribution < -0.4 is 5.32 Å². The van der Waals surface area contributed by atoms with Crippen molar-refractivity contribution in [2.75, 3.05) is 27.4 Å². The lowest BCUT2D eigenvalue weighted by Crippen LogP contribution is -2.36. The lowest BCUT2D eigenvalue weighted by atomic mass is 9.92. The normalized spacial score (nSPS) is 15.3. The maximum Gasteiger partial charge on any atom is 0.413 e. The van der Waals surface area contributed by atoms with Crippen LogP contribution in [0.3, 0.4) is 0 Å². The first-order valence-electron chi connectivity index (χ1n) is 13.8. The van der Waals surface area contributed by atoms with Crippen LogP contribution in [0, 0.1) is 5.41 Å². The second kappa shape index (κ2) is 13.9. The minimum absolute atomic E-state index is 0.147. The number of esters is 1. The average Bonchev–Trinajstić information content (AvgIpc) is 3.82. The van der Waals surface area contributed by atoms with E-state index in [4.69, 9.17) is 19.6 Å². The number of carbonyl (C=O) groups is 2. The van der Waals surface area contributed by atoms with Gasteiger partial charge in [0.15, 0.2) is 0 Å². The van der Waals surface area contributed by atoms with Crippen molar-refractivity contribution in [1.82, 2.24) is 5.32 Å². The van der Waals surface area contributed by atoms with Gasteiger partial charge in [-0.05, 0) is 47.6 Å². The zero-order chi connectivity index (χ0) is 29.2. The summed E-state index contributed by atoms with van der Waals surface area (Å²) in [6, 6.07) is 25.3. The van der Waals surface area contributed by atoms with Crippen molar-refractivity contribution in [2.24, 2.45) is 4.99 Å². The van der Waals surface area contributed by atoms with Crippen molar-refractivity contribution >= 4 is 24.1 Å². The number of hydrogen-bond acceptors (Lipinski definition) is 7. The van der Waals surface area contributed by atoms with Crippen LogP contribution in [0.2, 0.25) is 0 Å². The van der Waals surface area contributed by atoms with Crippen LogP contribution in [-0.4, -0.2) is 51.5 Å². The summed E-state index contributed by atoms with van der Waals surface area (Å²) < 4.78 is 16.2. The minimum atomic E-state index is -0.643. The van der Waals surface area contributed by atoms with Crippen LogP contribution in [0.1, 0.15) is 54.9 Å². The molecule has 214 valence electrons. The van der Waals surface area contributed by atoms with Crippen LogP contribution in [0.25, 0.3) is 11.1 Å². The van der Waals surface area contributed by atoms with Crippen LogP contribution in [0.4, 0.5) is 4.79 Å². The highest BCUT2D eigenvalue weighted by Crippen LogP contribution is 2.49. The van der Waals surface area contributed by atoms with E-state index in [0.29, 0.717) is 25.5 Å². The van der Waals surface area contributed by atoms with Gasteiger partial charge in [0, 0.05) is 26.8 Å². The molecule has 8 nitrogen and oxygen atoms in total. The first kappa shape index (κ1) is 29.7. The number of amides is 1. The lowest BCUT2D eigenvalue weighted by molar-refractivity contribution is -0.146. The summed E-state index contributed by atoms with van der Waals surface area (Å²) in [6.07, 6.45) is 2.26. The third-order valence-electron chi connectivity index (χ3n) is 7.39. The quantitative estimate of drug-likeness (QED) is 0.157. The molecule has 8 heteroatoms. The van der Waals surface area contributed by atoms with Gasteiger partial charge in [0.1, 0.15) is 11.9 Å². The summed E-state index contributed by atoms with van der Waals surface area (Å²) in [7, 11) is 3.18. The molecule has 0 aliphatic heterocycles. The third-order valence-corrected chi connectivity index (χ3v) is 7.39. The molecule has 1 fully saturated rings. The highest BCUT2D eigenvalue weighted by molar-refractivity contribution is 6.07. The topological polar surface area (TPSA) is 110 Å². The Bertz CT molecular complexity index is 1350. The molecule has 41 heavy (non-hydrogen) atoms. The molecule has 1 amide bonds. The molecule has 0 heterocycles. The Morgan fingerprint density at radius 3 is 2.15 bits per heavy atom. The van der Waals surface area contributed by atoms with Gasteiger partial charge in [0.05, 0.1) is 24.5 Å². The van der Waals surface area contributed by atoms with E-state index in [-0.39, 0.29) is 5.97 Å².